The van der Waals surface area contributed by atoms with Crippen molar-refractivity contribution in [3.05, 3.63) is 64.7 Å². The third kappa shape index (κ3) is 9.74. The first-order valence-electron chi connectivity index (χ1n) is 11.6. The van der Waals surface area contributed by atoms with Crippen LogP contribution in [0.15, 0.2) is 48.5 Å². The van der Waals surface area contributed by atoms with Crippen LogP contribution in [0.2, 0.25) is 5.02 Å². The first-order chi connectivity index (χ1) is 16.2. The summed E-state index contributed by atoms with van der Waals surface area (Å²) in [7, 11) is 1.31. The molecule has 0 radical (unpaired) electrons. The Bertz CT molecular complexity index is 896. The Morgan fingerprint density at radius 2 is 1.53 bits per heavy atom. The number of hydrogen-bond donors (Lipinski definition) is 1. The van der Waals surface area contributed by atoms with E-state index < -0.39 is 18.1 Å². The number of nitrogens with one attached hydrogen (secondary N) is 1. The normalized spacial score (nSPS) is 12.9. The van der Waals surface area contributed by atoms with E-state index in [9.17, 15) is 9.59 Å². The second-order valence-corrected chi connectivity index (χ2v) is 9.63. The van der Waals surface area contributed by atoms with Crippen LogP contribution in [-0.2, 0) is 32.1 Å². The molecule has 6 nitrogen and oxygen atoms in total. The van der Waals surface area contributed by atoms with Crippen LogP contribution >= 0.6 is 11.6 Å². The first-order valence-corrected chi connectivity index (χ1v) is 12.0. The molecule has 7 heteroatoms. The Labute approximate surface area is 207 Å². The lowest BCUT2D eigenvalue weighted by Crippen LogP contribution is -2.48. The average molecular weight is 490 g/mol. The third-order valence-corrected chi connectivity index (χ3v) is 5.34. The molecule has 34 heavy (non-hydrogen) atoms. The predicted octanol–water partition coefficient (Wildman–Crippen LogP) is 5.21. The molecule has 0 aliphatic carbocycles. The molecule has 0 saturated heterocycles. The van der Waals surface area contributed by atoms with Gasteiger partial charge in [-0.15, -0.1) is 0 Å². The standard InChI is InChI=1S/C27H36ClNO5/c1-18(2)14-25(34-17-21-6-10-22(28)11-7-21)26(30)29-24(27(31)32-5)15-20-8-12-23(13-9-20)33-16-19(3)4/h6-13,18-19,24-25H,14-17H2,1-5H3,(H,29,30)/t24-,25-/m0/s1. The molecule has 0 aliphatic heterocycles. The molecule has 0 spiro atoms. The molecule has 0 heterocycles. The minimum absolute atomic E-state index is 0.232. The summed E-state index contributed by atoms with van der Waals surface area (Å²) in [6, 6.07) is 14.0. The van der Waals surface area contributed by atoms with Crippen LogP contribution in [0.5, 0.6) is 5.75 Å². The monoisotopic (exact) mass is 489 g/mol. The van der Waals surface area contributed by atoms with Crippen LogP contribution in [0.25, 0.3) is 0 Å². The summed E-state index contributed by atoms with van der Waals surface area (Å²) in [4.78, 5) is 25.5. The number of rotatable bonds is 13. The largest absolute Gasteiger partial charge is 0.493 e. The SMILES string of the molecule is COC(=O)[C@H](Cc1ccc(OCC(C)C)cc1)NC(=O)[C@H](CC(C)C)OCc1ccc(Cl)cc1. The van der Waals surface area contributed by atoms with Gasteiger partial charge >= 0.3 is 5.97 Å². The van der Waals surface area contributed by atoms with E-state index in [1.807, 2.05) is 50.2 Å². The van der Waals surface area contributed by atoms with Crippen molar-refractivity contribution in [1.82, 2.24) is 5.32 Å². The van der Waals surface area contributed by atoms with Crippen molar-refractivity contribution in [2.24, 2.45) is 11.8 Å². The zero-order valence-electron chi connectivity index (χ0n) is 20.7. The van der Waals surface area contributed by atoms with Gasteiger partial charge in [0.15, 0.2) is 0 Å². The van der Waals surface area contributed by atoms with Gasteiger partial charge in [0.1, 0.15) is 17.9 Å². The molecule has 0 aromatic heterocycles. The van der Waals surface area contributed by atoms with E-state index in [0.717, 1.165) is 16.9 Å². The average Bonchev–Trinajstić information content (AvgIpc) is 2.81. The van der Waals surface area contributed by atoms with E-state index in [4.69, 9.17) is 25.8 Å². The summed E-state index contributed by atoms with van der Waals surface area (Å²) in [5.74, 6) is 0.586. The third-order valence-electron chi connectivity index (χ3n) is 5.09. The number of carbonyl (C=O) groups is 2. The van der Waals surface area contributed by atoms with E-state index in [1.54, 1.807) is 12.1 Å². The molecule has 2 atom stereocenters. The van der Waals surface area contributed by atoms with Crippen molar-refractivity contribution in [3.63, 3.8) is 0 Å². The fourth-order valence-electron chi connectivity index (χ4n) is 3.28. The number of esters is 1. The fraction of sp³-hybridized carbons (Fsp3) is 0.481. The minimum atomic E-state index is -0.825. The number of methoxy groups -OCH3 is 1. The predicted molar refractivity (Wildman–Crippen MR) is 134 cm³/mol. The zero-order chi connectivity index (χ0) is 25.1. The second-order valence-electron chi connectivity index (χ2n) is 9.19. The summed E-state index contributed by atoms with van der Waals surface area (Å²) in [5, 5.41) is 3.47. The Morgan fingerprint density at radius 1 is 0.912 bits per heavy atom. The molecule has 1 amide bonds. The van der Waals surface area contributed by atoms with Crippen molar-refractivity contribution < 1.29 is 23.8 Å². The van der Waals surface area contributed by atoms with E-state index >= 15 is 0 Å². The van der Waals surface area contributed by atoms with Crippen molar-refractivity contribution in [3.8, 4) is 5.75 Å². The molecular weight excluding hydrogens is 454 g/mol. The van der Waals surface area contributed by atoms with Crippen LogP contribution in [0.4, 0.5) is 0 Å². The van der Waals surface area contributed by atoms with E-state index in [2.05, 4.69) is 19.2 Å². The van der Waals surface area contributed by atoms with Gasteiger partial charge in [-0.2, -0.15) is 0 Å². The lowest BCUT2D eigenvalue weighted by molar-refractivity contribution is -0.147. The molecule has 2 rings (SSSR count). The molecule has 0 unspecified atom stereocenters. The number of benzene rings is 2. The molecule has 0 fully saturated rings. The minimum Gasteiger partial charge on any atom is -0.493 e. The van der Waals surface area contributed by atoms with Crippen LogP contribution in [0, 0.1) is 11.8 Å². The summed E-state index contributed by atoms with van der Waals surface area (Å²) in [6.45, 7) is 9.11. The van der Waals surface area contributed by atoms with E-state index in [-0.39, 0.29) is 18.4 Å². The second kappa shape index (κ2) is 14.0. The maximum atomic E-state index is 13.1. The number of carbonyl (C=O) groups excluding carboxylic acids is 2. The molecule has 1 N–H and O–H groups in total. The topological polar surface area (TPSA) is 73.9 Å². The fourth-order valence-corrected chi connectivity index (χ4v) is 3.40. The van der Waals surface area contributed by atoms with E-state index in [0.29, 0.717) is 30.4 Å². The Hall–Kier alpha value is -2.57. The molecule has 0 saturated carbocycles. The Kier molecular flexibility index (Phi) is 11.4. The van der Waals surface area contributed by atoms with Gasteiger partial charge in [0.25, 0.3) is 0 Å². The lowest BCUT2D eigenvalue weighted by atomic mass is 10.0. The van der Waals surface area contributed by atoms with Crippen LogP contribution in [-0.4, -0.2) is 37.7 Å². The molecule has 2 aromatic carbocycles. The smallest absolute Gasteiger partial charge is 0.328 e. The highest BCUT2D eigenvalue weighted by atomic mass is 35.5. The Balaban J connectivity index is 2.05. The van der Waals surface area contributed by atoms with Gasteiger partial charge in [-0.1, -0.05) is 63.6 Å². The number of hydrogen-bond acceptors (Lipinski definition) is 5. The lowest BCUT2D eigenvalue weighted by Gasteiger charge is -2.23. The van der Waals surface area contributed by atoms with Crippen molar-refractivity contribution in [1.29, 1.82) is 0 Å². The molecule has 0 bridgehead atoms. The molecule has 186 valence electrons. The summed E-state index contributed by atoms with van der Waals surface area (Å²) >= 11 is 5.94. The van der Waals surface area contributed by atoms with Crippen molar-refractivity contribution in [2.45, 2.75) is 59.3 Å². The molecule has 0 aliphatic rings. The van der Waals surface area contributed by atoms with Crippen LogP contribution < -0.4 is 10.1 Å². The Morgan fingerprint density at radius 3 is 2.09 bits per heavy atom. The van der Waals surface area contributed by atoms with Crippen molar-refractivity contribution >= 4 is 23.5 Å². The molecular formula is C27H36ClNO5. The highest BCUT2D eigenvalue weighted by Gasteiger charge is 2.27. The summed E-state index contributed by atoms with van der Waals surface area (Å²) in [6.07, 6.45) is 0.124. The molecule has 2 aromatic rings. The van der Waals surface area contributed by atoms with Gasteiger partial charge in [-0.25, -0.2) is 4.79 Å². The number of halogens is 1. The van der Waals surface area contributed by atoms with Gasteiger partial charge in [0.05, 0.1) is 20.3 Å². The van der Waals surface area contributed by atoms with Gasteiger partial charge in [0, 0.05) is 11.4 Å². The first kappa shape index (κ1) is 27.7. The summed E-state index contributed by atoms with van der Waals surface area (Å²) < 4.78 is 16.6. The quantitative estimate of drug-likeness (QED) is 0.391. The van der Waals surface area contributed by atoms with Gasteiger partial charge in [0.2, 0.25) is 5.91 Å². The van der Waals surface area contributed by atoms with Gasteiger partial charge < -0.3 is 19.5 Å². The van der Waals surface area contributed by atoms with Crippen LogP contribution in [0.1, 0.15) is 45.2 Å². The van der Waals surface area contributed by atoms with Gasteiger partial charge in [-0.05, 0) is 53.6 Å². The van der Waals surface area contributed by atoms with Crippen LogP contribution in [0.3, 0.4) is 0 Å². The highest BCUT2D eigenvalue weighted by Crippen LogP contribution is 2.17. The summed E-state index contributed by atoms with van der Waals surface area (Å²) in [5.41, 5.74) is 1.80. The van der Waals surface area contributed by atoms with E-state index in [1.165, 1.54) is 7.11 Å². The van der Waals surface area contributed by atoms with Gasteiger partial charge in [-0.3, -0.25) is 4.79 Å². The maximum absolute atomic E-state index is 13.1. The van der Waals surface area contributed by atoms with Crippen molar-refractivity contribution in [2.75, 3.05) is 13.7 Å². The zero-order valence-corrected chi connectivity index (χ0v) is 21.4. The maximum Gasteiger partial charge on any atom is 0.328 e. The number of ether oxygens (including phenoxy) is 3. The highest BCUT2D eigenvalue weighted by molar-refractivity contribution is 6.30. The number of amides is 1.